The number of rotatable bonds is 4. The summed E-state index contributed by atoms with van der Waals surface area (Å²) >= 11 is 1.80. The van der Waals surface area contributed by atoms with Crippen LogP contribution in [0.5, 0.6) is 0 Å². The third-order valence-electron chi connectivity index (χ3n) is 2.26. The van der Waals surface area contributed by atoms with Gasteiger partial charge in [0.15, 0.2) is 0 Å². The van der Waals surface area contributed by atoms with Crippen LogP contribution in [0.15, 0.2) is 12.1 Å². The van der Waals surface area contributed by atoms with E-state index in [1.807, 2.05) is 0 Å². The summed E-state index contributed by atoms with van der Waals surface area (Å²) < 4.78 is 0. The fraction of sp³-hybridized carbons (Fsp3) is 0.583. The van der Waals surface area contributed by atoms with E-state index in [9.17, 15) is 4.79 Å². The van der Waals surface area contributed by atoms with Gasteiger partial charge in [-0.25, -0.2) is 0 Å². The van der Waals surface area contributed by atoms with Crippen molar-refractivity contribution >= 4 is 17.2 Å². The first kappa shape index (κ1) is 13.2. The molecule has 0 aliphatic carbocycles. The molecule has 0 radical (unpaired) electrons. The van der Waals surface area contributed by atoms with Gasteiger partial charge in [-0.05, 0) is 17.5 Å². The van der Waals surface area contributed by atoms with Crippen LogP contribution in [-0.4, -0.2) is 19.5 Å². The highest BCUT2D eigenvalue weighted by molar-refractivity contribution is 7.12. The normalized spacial score (nSPS) is 11.5. The molecule has 0 aliphatic heterocycles. The zero-order valence-corrected chi connectivity index (χ0v) is 11.2. The van der Waals surface area contributed by atoms with Gasteiger partial charge in [0.2, 0.25) is 5.91 Å². The highest BCUT2D eigenvalue weighted by Gasteiger charge is 2.15. The molecule has 1 aromatic rings. The van der Waals surface area contributed by atoms with E-state index in [1.165, 1.54) is 9.75 Å². The van der Waals surface area contributed by atoms with Gasteiger partial charge in [-0.1, -0.05) is 20.8 Å². The number of likely N-dealkylation sites (N-methyl/N-ethyl adjacent to an activating group) is 1. The fourth-order valence-corrected chi connectivity index (χ4v) is 2.30. The summed E-state index contributed by atoms with van der Waals surface area (Å²) in [5.41, 5.74) is 0.212. The Labute approximate surface area is 101 Å². The van der Waals surface area contributed by atoms with E-state index in [1.54, 1.807) is 18.4 Å². The number of thiophene rings is 1. The third-order valence-corrected chi connectivity index (χ3v) is 3.78. The molecule has 2 N–H and O–H groups in total. The van der Waals surface area contributed by atoms with Crippen LogP contribution in [0.2, 0.25) is 0 Å². The van der Waals surface area contributed by atoms with Crippen molar-refractivity contribution in [2.24, 2.45) is 0 Å². The molecule has 3 nitrogen and oxygen atoms in total. The van der Waals surface area contributed by atoms with Crippen molar-refractivity contribution in [3.05, 3.63) is 21.9 Å². The minimum absolute atomic E-state index is 0.0209. The SMILES string of the molecule is CNC(=O)CNCc1ccc(C(C)(C)C)s1. The summed E-state index contributed by atoms with van der Waals surface area (Å²) in [6.07, 6.45) is 0. The molecule has 1 heterocycles. The Balaban J connectivity index is 2.44. The van der Waals surface area contributed by atoms with Crippen molar-refractivity contribution in [1.29, 1.82) is 0 Å². The molecule has 0 saturated heterocycles. The van der Waals surface area contributed by atoms with Crippen LogP contribution < -0.4 is 10.6 Å². The summed E-state index contributed by atoms with van der Waals surface area (Å²) in [4.78, 5) is 13.6. The molecule has 0 aromatic carbocycles. The van der Waals surface area contributed by atoms with Crippen LogP contribution in [0.1, 0.15) is 30.5 Å². The molecule has 16 heavy (non-hydrogen) atoms. The Morgan fingerprint density at radius 2 is 2.06 bits per heavy atom. The maximum atomic E-state index is 11.0. The molecule has 0 aliphatic rings. The molecular formula is C12H20N2OS. The van der Waals surface area contributed by atoms with Gasteiger partial charge >= 0.3 is 0 Å². The first-order valence-corrected chi connectivity index (χ1v) is 6.25. The third kappa shape index (κ3) is 3.94. The minimum atomic E-state index is 0.0209. The van der Waals surface area contributed by atoms with Gasteiger partial charge in [-0.3, -0.25) is 4.79 Å². The summed E-state index contributed by atoms with van der Waals surface area (Å²) in [5.74, 6) is 0.0209. The largest absolute Gasteiger partial charge is 0.358 e. The lowest BCUT2D eigenvalue weighted by Gasteiger charge is -2.15. The highest BCUT2D eigenvalue weighted by atomic mass is 32.1. The average Bonchev–Trinajstić information content (AvgIpc) is 2.65. The number of carbonyl (C=O) groups is 1. The Bertz CT molecular complexity index is 352. The molecule has 1 amide bonds. The topological polar surface area (TPSA) is 41.1 Å². The van der Waals surface area contributed by atoms with Crippen LogP contribution in [0, 0.1) is 0 Å². The maximum absolute atomic E-state index is 11.0. The van der Waals surface area contributed by atoms with Crippen molar-refractivity contribution in [3.63, 3.8) is 0 Å². The molecule has 4 heteroatoms. The van der Waals surface area contributed by atoms with Crippen molar-refractivity contribution < 1.29 is 4.79 Å². The Morgan fingerprint density at radius 3 is 2.56 bits per heavy atom. The summed E-state index contributed by atoms with van der Waals surface area (Å²) in [6.45, 7) is 7.76. The van der Waals surface area contributed by atoms with E-state index in [2.05, 4.69) is 43.5 Å². The van der Waals surface area contributed by atoms with E-state index >= 15 is 0 Å². The molecule has 0 atom stereocenters. The summed E-state index contributed by atoms with van der Waals surface area (Å²) in [7, 11) is 1.65. The number of amides is 1. The van der Waals surface area contributed by atoms with Crippen molar-refractivity contribution in [2.45, 2.75) is 32.7 Å². The maximum Gasteiger partial charge on any atom is 0.233 e. The van der Waals surface area contributed by atoms with E-state index in [4.69, 9.17) is 0 Å². The second kappa shape index (κ2) is 5.46. The first-order chi connectivity index (χ1) is 7.43. The molecule has 1 rings (SSSR count). The second-order valence-electron chi connectivity index (χ2n) is 4.79. The molecule has 0 bridgehead atoms. The van der Waals surface area contributed by atoms with Gasteiger partial charge in [-0.15, -0.1) is 11.3 Å². The van der Waals surface area contributed by atoms with Gasteiger partial charge < -0.3 is 10.6 Å². The van der Waals surface area contributed by atoms with Crippen molar-refractivity contribution in [2.75, 3.05) is 13.6 Å². The lowest BCUT2D eigenvalue weighted by atomic mass is 9.95. The smallest absolute Gasteiger partial charge is 0.233 e. The highest BCUT2D eigenvalue weighted by Crippen LogP contribution is 2.29. The van der Waals surface area contributed by atoms with Crippen LogP contribution in [0.25, 0.3) is 0 Å². The van der Waals surface area contributed by atoms with Crippen molar-refractivity contribution in [3.8, 4) is 0 Å². The number of hydrogen-bond acceptors (Lipinski definition) is 3. The molecular weight excluding hydrogens is 220 g/mol. The number of nitrogens with one attached hydrogen (secondary N) is 2. The van der Waals surface area contributed by atoms with E-state index in [-0.39, 0.29) is 11.3 Å². The predicted octanol–water partition coefficient (Wildman–Crippen LogP) is 1.88. The Hall–Kier alpha value is -0.870. The van der Waals surface area contributed by atoms with E-state index in [0.717, 1.165) is 6.54 Å². The lowest BCUT2D eigenvalue weighted by molar-refractivity contribution is -0.119. The summed E-state index contributed by atoms with van der Waals surface area (Å²) in [5, 5.41) is 5.70. The molecule has 0 spiro atoms. The minimum Gasteiger partial charge on any atom is -0.358 e. The second-order valence-corrected chi connectivity index (χ2v) is 5.96. The predicted molar refractivity (Wildman–Crippen MR) is 68.8 cm³/mol. The number of hydrogen-bond donors (Lipinski definition) is 2. The van der Waals surface area contributed by atoms with Gasteiger partial charge in [-0.2, -0.15) is 0 Å². The average molecular weight is 240 g/mol. The van der Waals surface area contributed by atoms with Crippen LogP contribution in [-0.2, 0) is 16.8 Å². The van der Waals surface area contributed by atoms with Gasteiger partial charge in [0, 0.05) is 23.3 Å². The van der Waals surface area contributed by atoms with Gasteiger partial charge in [0.25, 0.3) is 0 Å². The molecule has 90 valence electrons. The standard InChI is InChI=1S/C12H20N2OS/c1-12(2,3)10-6-5-9(16-10)7-14-8-11(15)13-4/h5-6,14H,7-8H2,1-4H3,(H,13,15). The van der Waals surface area contributed by atoms with Crippen LogP contribution in [0.3, 0.4) is 0 Å². The first-order valence-electron chi connectivity index (χ1n) is 5.44. The monoisotopic (exact) mass is 240 g/mol. The Morgan fingerprint density at radius 1 is 1.38 bits per heavy atom. The van der Waals surface area contributed by atoms with Crippen LogP contribution in [0.4, 0.5) is 0 Å². The summed E-state index contributed by atoms with van der Waals surface area (Å²) in [6, 6.07) is 4.30. The zero-order chi connectivity index (χ0) is 12.2. The number of carbonyl (C=O) groups excluding carboxylic acids is 1. The van der Waals surface area contributed by atoms with Crippen molar-refractivity contribution in [1.82, 2.24) is 10.6 Å². The zero-order valence-electron chi connectivity index (χ0n) is 10.4. The Kier molecular flexibility index (Phi) is 4.50. The van der Waals surface area contributed by atoms with Gasteiger partial charge in [0.05, 0.1) is 6.54 Å². The molecule has 0 unspecified atom stereocenters. The quantitative estimate of drug-likeness (QED) is 0.843. The van der Waals surface area contributed by atoms with Crippen LogP contribution >= 0.6 is 11.3 Å². The molecule has 0 fully saturated rings. The van der Waals surface area contributed by atoms with Gasteiger partial charge in [0.1, 0.15) is 0 Å². The van der Waals surface area contributed by atoms with E-state index < -0.39 is 0 Å². The molecule has 1 aromatic heterocycles. The molecule has 0 saturated carbocycles. The van der Waals surface area contributed by atoms with E-state index in [0.29, 0.717) is 6.54 Å². The lowest BCUT2D eigenvalue weighted by Crippen LogP contribution is -2.30. The fourth-order valence-electron chi connectivity index (χ4n) is 1.26.